The zero-order valence-electron chi connectivity index (χ0n) is 9.38. The van der Waals surface area contributed by atoms with Crippen molar-refractivity contribution in [2.45, 2.75) is 17.2 Å². The molecule has 0 radical (unpaired) electrons. The monoisotopic (exact) mass is 271 g/mol. The van der Waals surface area contributed by atoms with Gasteiger partial charge < -0.3 is 5.32 Å². The molecule has 1 aromatic heterocycles. The largest absolute Gasteiger partial charge is 0.312 e. The third-order valence-electron chi connectivity index (χ3n) is 2.62. The fourth-order valence-electron chi connectivity index (χ4n) is 1.76. The van der Waals surface area contributed by atoms with E-state index in [-0.39, 0.29) is 10.3 Å². The van der Waals surface area contributed by atoms with E-state index in [1.54, 1.807) is 6.07 Å². The van der Waals surface area contributed by atoms with Crippen molar-refractivity contribution in [3.63, 3.8) is 0 Å². The molecular formula is C10H13N3O2S2. The van der Waals surface area contributed by atoms with Crippen molar-refractivity contribution in [3.8, 4) is 6.07 Å². The van der Waals surface area contributed by atoms with Crippen LogP contribution in [0, 0.1) is 11.3 Å². The Morgan fingerprint density at radius 3 is 2.94 bits per heavy atom. The first-order valence-corrected chi connectivity index (χ1v) is 7.53. The van der Waals surface area contributed by atoms with Crippen LogP contribution in [0.4, 0.5) is 0 Å². The lowest BCUT2D eigenvalue weighted by Crippen LogP contribution is -2.51. The number of hydrogen-bond donors (Lipinski definition) is 1. The summed E-state index contributed by atoms with van der Waals surface area (Å²) in [5, 5.41) is 11.9. The molecule has 1 fully saturated rings. The molecule has 0 aromatic carbocycles. The van der Waals surface area contributed by atoms with Crippen LogP contribution in [0.25, 0.3) is 0 Å². The van der Waals surface area contributed by atoms with Crippen molar-refractivity contribution in [3.05, 3.63) is 17.0 Å². The molecule has 7 heteroatoms. The molecule has 92 valence electrons. The first-order chi connectivity index (χ1) is 8.04. The Kier molecular flexibility index (Phi) is 3.49. The molecule has 0 aliphatic carbocycles. The summed E-state index contributed by atoms with van der Waals surface area (Å²) in [6, 6.07) is 5.17. The minimum Gasteiger partial charge on any atom is -0.312 e. The van der Waals surface area contributed by atoms with Crippen LogP contribution in [0.2, 0.25) is 0 Å². The standard InChI is InChI=1S/C10H13N3O2S2/c1-8-7-13(5-4-12-8)17(14,15)10-3-2-9(6-11)16-10/h2-3,8,12H,4-5,7H2,1H3/t8-/m0/s1. The van der Waals surface area contributed by atoms with Gasteiger partial charge in [0.1, 0.15) is 15.2 Å². The van der Waals surface area contributed by atoms with E-state index < -0.39 is 10.0 Å². The van der Waals surface area contributed by atoms with Gasteiger partial charge in [0, 0.05) is 25.7 Å². The van der Waals surface area contributed by atoms with Crippen molar-refractivity contribution >= 4 is 21.4 Å². The van der Waals surface area contributed by atoms with E-state index in [2.05, 4.69) is 5.32 Å². The molecule has 1 aliphatic heterocycles. The number of thiophene rings is 1. The van der Waals surface area contributed by atoms with Crippen molar-refractivity contribution in [2.75, 3.05) is 19.6 Å². The third kappa shape index (κ3) is 2.50. The molecule has 0 saturated carbocycles. The average molecular weight is 271 g/mol. The fraction of sp³-hybridized carbons (Fsp3) is 0.500. The summed E-state index contributed by atoms with van der Waals surface area (Å²) in [5.74, 6) is 0. The highest BCUT2D eigenvalue weighted by atomic mass is 32.2. The number of nitriles is 1. The number of nitrogens with one attached hydrogen (secondary N) is 1. The van der Waals surface area contributed by atoms with Crippen molar-refractivity contribution in [2.24, 2.45) is 0 Å². The van der Waals surface area contributed by atoms with Crippen molar-refractivity contribution in [1.29, 1.82) is 5.26 Å². The predicted molar refractivity (Wildman–Crippen MR) is 65.3 cm³/mol. The Morgan fingerprint density at radius 2 is 2.35 bits per heavy atom. The highest BCUT2D eigenvalue weighted by Crippen LogP contribution is 2.25. The van der Waals surface area contributed by atoms with Gasteiger partial charge in [-0.05, 0) is 19.1 Å². The van der Waals surface area contributed by atoms with Gasteiger partial charge in [-0.1, -0.05) is 0 Å². The Morgan fingerprint density at radius 1 is 1.59 bits per heavy atom. The van der Waals surface area contributed by atoms with E-state index in [0.717, 1.165) is 11.3 Å². The second-order valence-corrected chi connectivity index (χ2v) is 7.20. The summed E-state index contributed by atoms with van der Waals surface area (Å²) < 4.78 is 26.2. The molecular weight excluding hydrogens is 258 g/mol. The predicted octanol–water partition coefficient (Wildman–Crippen LogP) is 0.602. The highest BCUT2D eigenvalue weighted by molar-refractivity contribution is 7.91. The molecule has 0 unspecified atom stereocenters. The second kappa shape index (κ2) is 4.74. The Hall–Kier alpha value is -0.940. The van der Waals surface area contributed by atoms with Gasteiger partial charge >= 0.3 is 0 Å². The molecule has 0 amide bonds. The van der Waals surface area contributed by atoms with E-state index in [1.807, 2.05) is 13.0 Å². The zero-order chi connectivity index (χ0) is 12.5. The maximum absolute atomic E-state index is 12.3. The van der Waals surface area contributed by atoms with Crippen LogP contribution >= 0.6 is 11.3 Å². The SMILES string of the molecule is C[C@H]1CN(S(=O)(=O)c2ccc(C#N)s2)CCN1. The summed E-state index contributed by atoms with van der Waals surface area (Å²) in [6.07, 6.45) is 0. The summed E-state index contributed by atoms with van der Waals surface area (Å²) in [4.78, 5) is 0.423. The van der Waals surface area contributed by atoms with E-state index in [1.165, 1.54) is 10.4 Å². The second-order valence-electron chi connectivity index (χ2n) is 3.95. The van der Waals surface area contributed by atoms with Gasteiger partial charge in [0.05, 0.1) is 0 Å². The van der Waals surface area contributed by atoms with Gasteiger partial charge in [0.2, 0.25) is 0 Å². The maximum atomic E-state index is 12.3. The molecule has 1 aliphatic rings. The highest BCUT2D eigenvalue weighted by Gasteiger charge is 2.29. The van der Waals surface area contributed by atoms with Gasteiger partial charge in [-0.25, -0.2) is 8.42 Å². The van der Waals surface area contributed by atoms with E-state index in [9.17, 15) is 8.42 Å². The van der Waals surface area contributed by atoms with Gasteiger partial charge in [0.15, 0.2) is 0 Å². The van der Waals surface area contributed by atoms with Gasteiger partial charge in [0.25, 0.3) is 10.0 Å². The Bertz CT molecular complexity index is 544. The third-order valence-corrected chi connectivity index (χ3v) is 5.94. The van der Waals surface area contributed by atoms with Crippen LogP contribution in [-0.2, 0) is 10.0 Å². The number of hydrogen-bond acceptors (Lipinski definition) is 5. The fourth-order valence-corrected chi connectivity index (χ4v) is 4.55. The van der Waals surface area contributed by atoms with E-state index >= 15 is 0 Å². The number of piperazine rings is 1. The first kappa shape index (κ1) is 12.5. The molecule has 2 heterocycles. The van der Waals surface area contributed by atoms with Gasteiger partial charge in [-0.2, -0.15) is 9.57 Å². The van der Waals surface area contributed by atoms with Gasteiger partial charge in [-0.3, -0.25) is 0 Å². The topological polar surface area (TPSA) is 73.2 Å². The summed E-state index contributed by atoms with van der Waals surface area (Å²) in [5.41, 5.74) is 0. The lowest BCUT2D eigenvalue weighted by molar-refractivity contribution is 0.311. The molecule has 2 rings (SSSR count). The van der Waals surface area contributed by atoms with Crippen molar-refractivity contribution in [1.82, 2.24) is 9.62 Å². The Labute approximate surface area is 105 Å². The van der Waals surface area contributed by atoms with Crippen LogP contribution in [0.3, 0.4) is 0 Å². The van der Waals surface area contributed by atoms with Crippen molar-refractivity contribution < 1.29 is 8.42 Å². The zero-order valence-corrected chi connectivity index (χ0v) is 11.0. The molecule has 0 bridgehead atoms. The normalized spacial score (nSPS) is 22.2. The smallest absolute Gasteiger partial charge is 0.252 e. The Balaban J connectivity index is 2.27. The first-order valence-electron chi connectivity index (χ1n) is 5.27. The molecule has 1 atom stereocenters. The molecule has 0 spiro atoms. The summed E-state index contributed by atoms with van der Waals surface area (Å²) >= 11 is 1.02. The molecule has 5 nitrogen and oxygen atoms in total. The minimum atomic E-state index is -3.42. The van der Waals surface area contributed by atoms with Crippen LogP contribution in [-0.4, -0.2) is 38.4 Å². The quantitative estimate of drug-likeness (QED) is 0.855. The number of sulfonamides is 1. The van der Waals surface area contributed by atoms with Crippen LogP contribution in [0.15, 0.2) is 16.3 Å². The van der Waals surface area contributed by atoms with Gasteiger partial charge in [-0.15, -0.1) is 11.3 Å². The molecule has 1 N–H and O–H groups in total. The molecule has 1 aromatic rings. The lowest BCUT2D eigenvalue weighted by atomic mass is 10.3. The van der Waals surface area contributed by atoms with Crippen LogP contribution in [0.1, 0.15) is 11.8 Å². The van der Waals surface area contributed by atoms with E-state index in [0.29, 0.717) is 24.5 Å². The summed E-state index contributed by atoms with van der Waals surface area (Å²) in [7, 11) is -3.42. The molecule has 17 heavy (non-hydrogen) atoms. The summed E-state index contributed by atoms with van der Waals surface area (Å²) in [6.45, 7) is 3.57. The van der Waals surface area contributed by atoms with E-state index in [4.69, 9.17) is 5.26 Å². The average Bonchev–Trinajstić information content (AvgIpc) is 2.78. The number of rotatable bonds is 2. The lowest BCUT2D eigenvalue weighted by Gasteiger charge is -2.30. The molecule has 1 saturated heterocycles. The van der Waals surface area contributed by atoms with Crippen LogP contribution in [0.5, 0.6) is 0 Å². The number of nitrogens with zero attached hydrogens (tertiary/aromatic N) is 2. The van der Waals surface area contributed by atoms with Crippen LogP contribution < -0.4 is 5.32 Å². The minimum absolute atomic E-state index is 0.161. The maximum Gasteiger partial charge on any atom is 0.252 e.